The van der Waals surface area contributed by atoms with Gasteiger partial charge >= 0.3 is 11.9 Å². The highest BCUT2D eigenvalue weighted by Gasteiger charge is 2.41. The molecule has 8 heteroatoms. The predicted molar refractivity (Wildman–Crippen MR) is 133 cm³/mol. The van der Waals surface area contributed by atoms with Crippen LogP contribution in [-0.2, 0) is 32.1 Å². The molecule has 3 rings (SSSR count). The standard InChI is InChI=1S/C27H37N3O5/c1-27(2,3)35-26(33)22-15-10-16-29-30(22)24(28)23(31)21(17-19-11-6-4-7-12-19)25(32)34-18-20-13-8-5-9-14-20/h4-9,11-14,21-24,29,31H,10,15-18,28H2,1-3H3/t21-,22?,23-,24?/m0/s1. The summed E-state index contributed by atoms with van der Waals surface area (Å²) >= 11 is 0. The summed E-state index contributed by atoms with van der Waals surface area (Å²) in [6.07, 6.45) is -0.798. The number of ether oxygens (including phenoxy) is 2. The van der Waals surface area contributed by atoms with E-state index in [2.05, 4.69) is 5.43 Å². The highest BCUT2D eigenvalue weighted by atomic mass is 16.6. The molecule has 8 nitrogen and oxygen atoms in total. The van der Waals surface area contributed by atoms with E-state index >= 15 is 0 Å². The van der Waals surface area contributed by atoms with Crippen molar-refractivity contribution in [2.24, 2.45) is 11.7 Å². The first-order valence-electron chi connectivity index (χ1n) is 12.1. The Balaban J connectivity index is 1.78. The number of hydrogen-bond donors (Lipinski definition) is 3. The molecule has 0 saturated carbocycles. The van der Waals surface area contributed by atoms with Gasteiger partial charge in [0.25, 0.3) is 0 Å². The molecule has 4 N–H and O–H groups in total. The zero-order chi connectivity index (χ0) is 25.4. The van der Waals surface area contributed by atoms with E-state index in [0.29, 0.717) is 13.0 Å². The summed E-state index contributed by atoms with van der Waals surface area (Å²) in [5, 5.41) is 12.9. The van der Waals surface area contributed by atoms with Crippen molar-refractivity contribution in [3.05, 3.63) is 71.8 Å². The molecule has 1 aliphatic rings. The smallest absolute Gasteiger partial charge is 0.325 e. The minimum Gasteiger partial charge on any atom is -0.461 e. The molecular weight excluding hydrogens is 446 g/mol. The maximum atomic E-state index is 13.2. The predicted octanol–water partition coefficient (Wildman–Crippen LogP) is 2.55. The average molecular weight is 484 g/mol. The first-order valence-corrected chi connectivity index (χ1v) is 12.1. The van der Waals surface area contributed by atoms with Crippen molar-refractivity contribution in [1.29, 1.82) is 0 Å². The lowest BCUT2D eigenvalue weighted by Gasteiger charge is -2.42. The molecule has 1 saturated heterocycles. The molecule has 0 amide bonds. The average Bonchev–Trinajstić information content (AvgIpc) is 2.85. The van der Waals surface area contributed by atoms with Gasteiger partial charge in [0.2, 0.25) is 0 Å². The summed E-state index contributed by atoms with van der Waals surface area (Å²) < 4.78 is 11.2. The highest BCUT2D eigenvalue weighted by Crippen LogP contribution is 2.23. The molecular formula is C27H37N3O5. The minimum absolute atomic E-state index is 0.0927. The molecule has 2 aromatic carbocycles. The second kappa shape index (κ2) is 12.3. The molecule has 0 radical (unpaired) electrons. The molecule has 35 heavy (non-hydrogen) atoms. The normalized spacial score (nSPS) is 19.4. The van der Waals surface area contributed by atoms with Gasteiger partial charge in [-0.15, -0.1) is 0 Å². The van der Waals surface area contributed by atoms with Gasteiger partial charge in [0, 0.05) is 6.54 Å². The Hall–Kier alpha value is -2.78. The lowest BCUT2D eigenvalue weighted by atomic mass is 9.91. The van der Waals surface area contributed by atoms with Gasteiger partial charge in [-0.2, -0.15) is 0 Å². The van der Waals surface area contributed by atoms with Crippen LogP contribution in [0.5, 0.6) is 0 Å². The fourth-order valence-corrected chi connectivity index (χ4v) is 4.12. The summed E-state index contributed by atoms with van der Waals surface area (Å²) in [4.78, 5) is 26.1. The van der Waals surface area contributed by atoms with Gasteiger partial charge in [0.05, 0.1) is 18.2 Å². The van der Waals surface area contributed by atoms with E-state index in [1.807, 2.05) is 60.7 Å². The number of nitrogens with zero attached hydrogens (tertiary/aromatic N) is 1. The van der Waals surface area contributed by atoms with Gasteiger partial charge in [0.1, 0.15) is 18.2 Å². The molecule has 190 valence electrons. The first kappa shape index (κ1) is 26.8. The zero-order valence-electron chi connectivity index (χ0n) is 20.7. The lowest BCUT2D eigenvalue weighted by molar-refractivity contribution is -0.170. The van der Waals surface area contributed by atoms with Crippen molar-refractivity contribution >= 4 is 11.9 Å². The Morgan fingerprint density at radius 2 is 1.69 bits per heavy atom. The Bertz CT molecular complexity index is 948. The maximum absolute atomic E-state index is 13.2. The number of carbonyl (C=O) groups excluding carboxylic acids is 2. The van der Waals surface area contributed by atoms with Gasteiger partial charge in [-0.25, -0.2) is 5.01 Å². The molecule has 0 aliphatic carbocycles. The number of hydrazine groups is 1. The van der Waals surface area contributed by atoms with Gasteiger partial charge < -0.3 is 20.3 Å². The lowest BCUT2D eigenvalue weighted by Crippen LogP contribution is -2.66. The third kappa shape index (κ3) is 7.86. The number of nitrogens with one attached hydrogen (secondary N) is 1. The third-order valence-electron chi connectivity index (χ3n) is 5.87. The number of aliphatic hydroxyl groups is 1. The van der Waals surface area contributed by atoms with E-state index in [4.69, 9.17) is 15.2 Å². The number of rotatable bonds is 9. The molecule has 1 heterocycles. The fourth-order valence-electron chi connectivity index (χ4n) is 4.12. The minimum atomic E-state index is -1.30. The molecule has 2 unspecified atom stereocenters. The number of benzene rings is 2. The Morgan fingerprint density at radius 1 is 1.09 bits per heavy atom. The van der Waals surface area contributed by atoms with Crippen LogP contribution in [0.3, 0.4) is 0 Å². The van der Waals surface area contributed by atoms with Crippen molar-refractivity contribution in [2.75, 3.05) is 6.54 Å². The molecule has 0 aromatic heterocycles. The van der Waals surface area contributed by atoms with Gasteiger partial charge in [0.15, 0.2) is 0 Å². The summed E-state index contributed by atoms with van der Waals surface area (Å²) in [5.74, 6) is -1.90. The van der Waals surface area contributed by atoms with E-state index in [-0.39, 0.29) is 13.0 Å². The number of esters is 2. The Labute approximate surface area is 207 Å². The number of hydrogen-bond acceptors (Lipinski definition) is 8. The largest absolute Gasteiger partial charge is 0.461 e. The van der Waals surface area contributed by atoms with Gasteiger partial charge in [-0.1, -0.05) is 60.7 Å². The number of aliphatic hydroxyl groups excluding tert-OH is 1. The van der Waals surface area contributed by atoms with Crippen molar-refractivity contribution in [3.8, 4) is 0 Å². The van der Waals surface area contributed by atoms with Crippen molar-refractivity contribution < 1.29 is 24.2 Å². The second-order valence-corrected chi connectivity index (χ2v) is 9.88. The Kier molecular flexibility index (Phi) is 9.40. The summed E-state index contributed by atoms with van der Waals surface area (Å²) in [7, 11) is 0. The van der Waals surface area contributed by atoms with E-state index in [1.54, 1.807) is 20.8 Å². The molecule has 0 spiro atoms. The number of carbonyl (C=O) groups is 2. The van der Waals surface area contributed by atoms with Crippen LogP contribution in [0.15, 0.2) is 60.7 Å². The van der Waals surface area contributed by atoms with Crippen LogP contribution in [0, 0.1) is 5.92 Å². The maximum Gasteiger partial charge on any atom is 0.325 e. The SMILES string of the molecule is CC(C)(C)OC(=O)C1CCCNN1C(N)[C@@H](O)[C@H](Cc1ccccc1)C(=O)OCc1ccccc1. The zero-order valence-corrected chi connectivity index (χ0v) is 20.7. The third-order valence-corrected chi connectivity index (χ3v) is 5.87. The van der Waals surface area contributed by atoms with Crippen LogP contribution in [0.1, 0.15) is 44.7 Å². The summed E-state index contributed by atoms with van der Waals surface area (Å²) in [6, 6.07) is 18.1. The van der Waals surface area contributed by atoms with Crippen LogP contribution in [0.4, 0.5) is 0 Å². The van der Waals surface area contributed by atoms with E-state index in [1.165, 1.54) is 5.01 Å². The van der Waals surface area contributed by atoms with E-state index in [9.17, 15) is 14.7 Å². The van der Waals surface area contributed by atoms with Gasteiger partial charge in [-0.05, 0) is 51.2 Å². The molecule has 1 fully saturated rings. The monoisotopic (exact) mass is 483 g/mol. The van der Waals surface area contributed by atoms with Gasteiger partial charge in [-0.3, -0.25) is 15.0 Å². The Morgan fingerprint density at radius 3 is 2.29 bits per heavy atom. The molecule has 0 bridgehead atoms. The van der Waals surface area contributed by atoms with Crippen LogP contribution in [0.25, 0.3) is 0 Å². The summed E-state index contributed by atoms with van der Waals surface area (Å²) in [6.45, 7) is 6.10. The molecule has 2 aromatic rings. The molecule has 4 atom stereocenters. The van der Waals surface area contributed by atoms with Crippen LogP contribution in [-0.4, -0.2) is 52.5 Å². The van der Waals surface area contributed by atoms with Crippen LogP contribution < -0.4 is 11.2 Å². The highest BCUT2D eigenvalue weighted by molar-refractivity contribution is 5.76. The second-order valence-electron chi connectivity index (χ2n) is 9.88. The van der Waals surface area contributed by atoms with E-state index < -0.39 is 41.8 Å². The van der Waals surface area contributed by atoms with E-state index in [0.717, 1.165) is 17.5 Å². The molecule has 1 aliphatic heterocycles. The fraction of sp³-hybridized carbons (Fsp3) is 0.481. The van der Waals surface area contributed by atoms with Crippen molar-refractivity contribution in [3.63, 3.8) is 0 Å². The summed E-state index contributed by atoms with van der Waals surface area (Å²) in [5.41, 5.74) is 10.7. The van der Waals surface area contributed by atoms with Crippen molar-refractivity contribution in [1.82, 2.24) is 10.4 Å². The first-order chi connectivity index (χ1) is 16.7. The topological polar surface area (TPSA) is 114 Å². The van der Waals surface area contributed by atoms with Crippen LogP contribution in [0.2, 0.25) is 0 Å². The number of nitrogens with two attached hydrogens (primary N) is 1. The quantitative estimate of drug-likeness (QED) is 0.466. The van der Waals surface area contributed by atoms with Crippen LogP contribution >= 0.6 is 0 Å². The van der Waals surface area contributed by atoms with Crippen molar-refractivity contribution in [2.45, 2.75) is 70.6 Å².